The molecule has 1 aromatic heterocycles. The van der Waals surface area contributed by atoms with E-state index >= 15 is 0 Å². The van der Waals surface area contributed by atoms with Crippen molar-refractivity contribution in [2.75, 3.05) is 14.2 Å². The van der Waals surface area contributed by atoms with Gasteiger partial charge in [-0.15, -0.1) is 0 Å². The van der Waals surface area contributed by atoms with Crippen LogP contribution in [-0.4, -0.2) is 24.2 Å². The Balaban J connectivity index is 2.49. The third-order valence-electron chi connectivity index (χ3n) is 2.73. The minimum absolute atomic E-state index is 0.362. The van der Waals surface area contributed by atoms with Crippen molar-refractivity contribution in [1.29, 1.82) is 0 Å². The molecule has 1 aromatic carbocycles. The number of para-hydroxylation sites is 1. The van der Waals surface area contributed by atoms with Gasteiger partial charge in [-0.1, -0.05) is 17.7 Å². The molecule has 0 atom stereocenters. The molecular weight excluding hydrogens is 280 g/mol. The quantitative estimate of drug-likeness (QED) is 0.807. The van der Waals surface area contributed by atoms with Gasteiger partial charge in [0.15, 0.2) is 11.5 Å². The molecule has 6 heteroatoms. The number of benzene rings is 1. The minimum atomic E-state index is 0.362. The van der Waals surface area contributed by atoms with Crippen molar-refractivity contribution < 1.29 is 14.2 Å². The van der Waals surface area contributed by atoms with E-state index in [2.05, 4.69) is 9.97 Å². The Morgan fingerprint density at radius 3 is 2.15 bits per heavy atom. The lowest BCUT2D eigenvalue weighted by Crippen LogP contribution is -2.00. The van der Waals surface area contributed by atoms with Gasteiger partial charge < -0.3 is 14.2 Å². The van der Waals surface area contributed by atoms with Crippen LogP contribution in [0.3, 0.4) is 0 Å². The monoisotopic (exact) mass is 294 g/mol. The van der Waals surface area contributed by atoms with Gasteiger partial charge in [-0.2, -0.15) is 4.98 Å². The fourth-order valence-electron chi connectivity index (χ4n) is 1.68. The van der Waals surface area contributed by atoms with Gasteiger partial charge in [-0.05, 0) is 26.0 Å². The van der Waals surface area contributed by atoms with Crippen molar-refractivity contribution in [3.05, 3.63) is 34.7 Å². The highest BCUT2D eigenvalue weighted by atomic mass is 35.5. The molecule has 0 unspecified atom stereocenters. The number of aromatic nitrogens is 2. The van der Waals surface area contributed by atoms with E-state index in [1.165, 1.54) is 0 Å². The molecule has 0 aliphatic rings. The summed E-state index contributed by atoms with van der Waals surface area (Å²) in [5.74, 6) is 2.47. The average molecular weight is 295 g/mol. The highest BCUT2D eigenvalue weighted by Crippen LogP contribution is 2.40. The molecule has 2 rings (SSSR count). The Labute approximate surface area is 122 Å². The van der Waals surface area contributed by atoms with Crippen LogP contribution in [0.4, 0.5) is 0 Å². The molecule has 106 valence electrons. The second kappa shape index (κ2) is 5.96. The lowest BCUT2D eigenvalue weighted by atomic mass is 10.3. The van der Waals surface area contributed by atoms with Gasteiger partial charge >= 0.3 is 0 Å². The maximum atomic E-state index is 6.04. The number of halogens is 1. The van der Waals surface area contributed by atoms with Crippen LogP contribution in [0.2, 0.25) is 5.15 Å². The lowest BCUT2D eigenvalue weighted by molar-refractivity contribution is 0.340. The van der Waals surface area contributed by atoms with Crippen molar-refractivity contribution in [2.24, 2.45) is 0 Å². The van der Waals surface area contributed by atoms with Crippen LogP contribution in [0, 0.1) is 13.8 Å². The van der Waals surface area contributed by atoms with Crippen LogP contribution in [-0.2, 0) is 0 Å². The Morgan fingerprint density at radius 2 is 1.60 bits per heavy atom. The zero-order valence-corrected chi connectivity index (χ0v) is 12.5. The zero-order chi connectivity index (χ0) is 14.7. The fourth-order valence-corrected chi connectivity index (χ4v) is 1.89. The molecular formula is C14H15ClN2O3. The Kier molecular flexibility index (Phi) is 4.29. The first-order valence-electron chi connectivity index (χ1n) is 5.96. The van der Waals surface area contributed by atoms with E-state index in [0.717, 1.165) is 0 Å². The number of aryl methyl sites for hydroxylation is 1. The summed E-state index contributed by atoms with van der Waals surface area (Å²) in [4.78, 5) is 8.32. The van der Waals surface area contributed by atoms with Crippen LogP contribution in [0.25, 0.3) is 0 Å². The predicted octanol–water partition coefficient (Wildman–Crippen LogP) is 3.56. The van der Waals surface area contributed by atoms with E-state index in [9.17, 15) is 0 Å². The maximum Gasteiger partial charge on any atom is 0.227 e. The minimum Gasteiger partial charge on any atom is -0.493 e. The van der Waals surface area contributed by atoms with Gasteiger partial charge in [0.25, 0.3) is 0 Å². The van der Waals surface area contributed by atoms with Crippen molar-refractivity contribution in [3.63, 3.8) is 0 Å². The largest absolute Gasteiger partial charge is 0.493 e. The van der Waals surface area contributed by atoms with Crippen LogP contribution in [0.1, 0.15) is 11.4 Å². The van der Waals surface area contributed by atoms with E-state index in [0.29, 0.717) is 39.7 Å². The average Bonchev–Trinajstić information content (AvgIpc) is 2.44. The molecule has 5 nitrogen and oxygen atoms in total. The Hall–Kier alpha value is -2.01. The number of hydrogen-bond donors (Lipinski definition) is 0. The van der Waals surface area contributed by atoms with Gasteiger partial charge in [0.2, 0.25) is 11.6 Å². The Morgan fingerprint density at radius 1 is 1.00 bits per heavy atom. The van der Waals surface area contributed by atoms with Crippen molar-refractivity contribution in [1.82, 2.24) is 9.97 Å². The SMILES string of the molecule is COc1cccc(OC)c1Oc1nc(C)nc(Cl)c1C. The lowest BCUT2D eigenvalue weighted by Gasteiger charge is -2.14. The summed E-state index contributed by atoms with van der Waals surface area (Å²) in [7, 11) is 3.12. The first kappa shape index (κ1) is 14.4. The first-order chi connectivity index (χ1) is 9.56. The van der Waals surface area contributed by atoms with Gasteiger partial charge in [0.1, 0.15) is 11.0 Å². The first-order valence-corrected chi connectivity index (χ1v) is 6.34. The van der Waals surface area contributed by atoms with E-state index < -0.39 is 0 Å². The van der Waals surface area contributed by atoms with Gasteiger partial charge in [-0.3, -0.25) is 0 Å². The highest BCUT2D eigenvalue weighted by Gasteiger charge is 2.16. The predicted molar refractivity (Wildman–Crippen MR) is 76.1 cm³/mol. The van der Waals surface area contributed by atoms with E-state index in [-0.39, 0.29) is 0 Å². The van der Waals surface area contributed by atoms with Crippen molar-refractivity contribution >= 4 is 11.6 Å². The van der Waals surface area contributed by atoms with Crippen LogP contribution < -0.4 is 14.2 Å². The molecule has 0 aliphatic heterocycles. The maximum absolute atomic E-state index is 6.04. The molecule has 0 aliphatic carbocycles. The molecule has 0 bridgehead atoms. The summed E-state index contributed by atoms with van der Waals surface area (Å²) in [6.45, 7) is 3.54. The summed E-state index contributed by atoms with van der Waals surface area (Å²) in [6, 6.07) is 5.38. The van der Waals surface area contributed by atoms with Crippen molar-refractivity contribution in [2.45, 2.75) is 13.8 Å². The molecule has 20 heavy (non-hydrogen) atoms. The third kappa shape index (κ3) is 2.77. The molecule has 0 saturated carbocycles. The number of nitrogens with zero attached hydrogens (tertiary/aromatic N) is 2. The number of rotatable bonds is 4. The number of methoxy groups -OCH3 is 2. The summed E-state index contributed by atoms with van der Waals surface area (Å²) < 4.78 is 16.4. The second-order valence-corrected chi connectivity index (χ2v) is 4.44. The molecule has 0 spiro atoms. The van der Waals surface area contributed by atoms with Gasteiger partial charge in [-0.25, -0.2) is 4.98 Å². The molecule has 1 heterocycles. The molecule has 0 N–H and O–H groups in total. The number of hydrogen-bond acceptors (Lipinski definition) is 5. The zero-order valence-electron chi connectivity index (χ0n) is 11.7. The molecule has 0 fully saturated rings. The second-order valence-electron chi connectivity index (χ2n) is 4.09. The van der Waals surface area contributed by atoms with E-state index in [1.807, 2.05) is 6.07 Å². The normalized spacial score (nSPS) is 10.2. The standard InChI is InChI=1S/C14H15ClN2O3/c1-8-13(15)16-9(2)17-14(8)20-12-10(18-3)6-5-7-11(12)19-4/h5-7H,1-4H3. The molecule has 0 amide bonds. The van der Waals surface area contributed by atoms with Gasteiger partial charge in [0.05, 0.1) is 14.2 Å². The number of ether oxygens (including phenoxy) is 3. The topological polar surface area (TPSA) is 53.5 Å². The third-order valence-corrected chi connectivity index (χ3v) is 3.10. The molecule has 0 radical (unpaired) electrons. The summed E-state index contributed by atoms with van der Waals surface area (Å²) in [6.07, 6.45) is 0. The summed E-state index contributed by atoms with van der Waals surface area (Å²) in [5.41, 5.74) is 0.658. The van der Waals surface area contributed by atoms with Crippen molar-refractivity contribution in [3.8, 4) is 23.1 Å². The van der Waals surface area contributed by atoms with E-state index in [1.54, 1.807) is 40.2 Å². The van der Waals surface area contributed by atoms with Crippen LogP contribution >= 0.6 is 11.6 Å². The van der Waals surface area contributed by atoms with E-state index in [4.69, 9.17) is 25.8 Å². The Bertz CT molecular complexity index is 610. The molecule has 0 saturated heterocycles. The highest BCUT2D eigenvalue weighted by molar-refractivity contribution is 6.30. The smallest absolute Gasteiger partial charge is 0.227 e. The van der Waals surface area contributed by atoms with Crippen LogP contribution in [0.15, 0.2) is 18.2 Å². The van der Waals surface area contributed by atoms with Gasteiger partial charge in [0, 0.05) is 5.56 Å². The summed E-state index contributed by atoms with van der Waals surface area (Å²) in [5, 5.41) is 0.362. The fraction of sp³-hybridized carbons (Fsp3) is 0.286. The van der Waals surface area contributed by atoms with Crippen LogP contribution in [0.5, 0.6) is 23.1 Å². The molecule has 2 aromatic rings. The summed E-state index contributed by atoms with van der Waals surface area (Å²) >= 11 is 6.04.